The van der Waals surface area contributed by atoms with Crippen LogP contribution >= 0.6 is 23.5 Å². The van der Waals surface area contributed by atoms with Crippen molar-refractivity contribution < 1.29 is 0 Å². The van der Waals surface area contributed by atoms with E-state index in [0.29, 0.717) is 11.5 Å². The first-order chi connectivity index (χ1) is 7.05. The van der Waals surface area contributed by atoms with Crippen molar-refractivity contribution in [1.82, 2.24) is 5.32 Å². The Labute approximate surface area is 104 Å². The lowest BCUT2D eigenvalue weighted by Gasteiger charge is -2.39. The molecule has 2 unspecified atom stereocenters. The highest BCUT2D eigenvalue weighted by Crippen LogP contribution is 2.33. The molecule has 0 aliphatic carbocycles. The van der Waals surface area contributed by atoms with Crippen LogP contribution in [0.2, 0.25) is 0 Å². The van der Waals surface area contributed by atoms with Crippen molar-refractivity contribution in [2.24, 2.45) is 5.41 Å². The normalized spacial score (nSPS) is 25.2. The molecule has 1 heterocycles. The molecule has 0 saturated carbocycles. The molecular weight excluding hydrogens is 222 g/mol. The van der Waals surface area contributed by atoms with Crippen molar-refractivity contribution in [3.8, 4) is 0 Å². The third-order valence-electron chi connectivity index (χ3n) is 2.76. The molecule has 1 fully saturated rings. The lowest BCUT2D eigenvalue weighted by atomic mass is 9.85. The van der Waals surface area contributed by atoms with Gasteiger partial charge in [-0.2, -0.15) is 23.5 Å². The molecule has 2 atom stereocenters. The third kappa shape index (κ3) is 4.58. The Kier molecular flexibility index (Phi) is 5.86. The highest BCUT2D eigenvalue weighted by atomic mass is 32.2. The average molecular weight is 247 g/mol. The molecule has 0 spiro atoms. The summed E-state index contributed by atoms with van der Waals surface area (Å²) in [5.74, 6) is 3.99. The SMILES string of the molecule is CCCNC(C1CSCCS1)C(C)(C)C. The fourth-order valence-electron chi connectivity index (χ4n) is 1.99. The second kappa shape index (κ2) is 6.41. The topological polar surface area (TPSA) is 12.0 Å². The molecule has 0 aromatic heterocycles. The molecule has 1 nitrogen and oxygen atoms in total. The molecule has 1 N–H and O–H groups in total. The van der Waals surface area contributed by atoms with Crippen LogP contribution < -0.4 is 5.32 Å². The van der Waals surface area contributed by atoms with Crippen LogP contribution in [0.5, 0.6) is 0 Å². The standard InChI is InChI=1S/C12H25NS2/c1-5-6-13-11(12(2,3)4)10-9-14-7-8-15-10/h10-11,13H,5-9H2,1-4H3. The Morgan fingerprint density at radius 1 is 1.33 bits per heavy atom. The lowest BCUT2D eigenvalue weighted by Crippen LogP contribution is -2.49. The van der Waals surface area contributed by atoms with E-state index in [9.17, 15) is 0 Å². The minimum Gasteiger partial charge on any atom is -0.312 e. The molecule has 0 amide bonds. The van der Waals surface area contributed by atoms with Crippen LogP contribution in [0.3, 0.4) is 0 Å². The van der Waals surface area contributed by atoms with E-state index in [1.165, 1.54) is 23.7 Å². The van der Waals surface area contributed by atoms with Gasteiger partial charge in [0, 0.05) is 28.6 Å². The number of hydrogen-bond acceptors (Lipinski definition) is 3. The second-order valence-electron chi connectivity index (χ2n) is 5.28. The van der Waals surface area contributed by atoms with Crippen molar-refractivity contribution in [2.75, 3.05) is 23.8 Å². The Bertz CT molecular complexity index is 171. The maximum atomic E-state index is 3.74. The number of rotatable bonds is 4. The predicted molar refractivity (Wildman–Crippen MR) is 75.1 cm³/mol. The van der Waals surface area contributed by atoms with E-state index in [0.717, 1.165) is 11.8 Å². The van der Waals surface area contributed by atoms with E-state index in [2.05, 4.69) is 56.5 Å². The molecule has 0 aromatic carbocycles. The highest BCUT2D eigenvalue weighted by molar-refractivity contribution is 8.06. The average Bonchev–Trinajstić information content (AvgIpc) is 2.18. The van der Waals surface area contributed by atoms with E-state index in [1.807, 2.05) is 0 Å². The summed E-state index contributed by atoms with van der Waals surface area (Å²) >= 11 is 4.29. The summed E-state index contributed by atoms with van der Waals surface area (Å²) in [6.07, 6.45) is 1.23. The van der Waals surface area contributed by atoms with Gasteiger partial charge in [-0.25, -0.2) is 0 Å². The quantitative estimate of drug-likeness (QED) is 0.819. The molecule has 3 heteroatoms. The van der Waals surface area contributed by atoms with Gasteiger partial charge in [0.25, 0.3) is 0 Å². The maximum absolute atomic E-state index is 3.74. The van der Waals surface area contributed by atoms with Crippen LogP contribution in [-0.2, 0) is 0 Å². The molecular formula is C12H25NS2. The van der Waals surface area contributed by atoms with E-state index >= 15 is 0 Å². The first-order valence-electron chi connectivity index (χ1n) is 5.98. The summed E-state index contributed by atoms with van der Waals surface area (Å²) in [6, 6.07) is 0.662. The fourth-order valence-corrected chi connectivity index (χ4v) is 5.11. The van der Waals surface area contributed by atoms with Crippen LogP contribution in [0.15, 0.2) is 0 Å². The first-order valence-corrected chi connectivity index (χ1v) is 8.18. The highest BCUT2D eigenvalue weighted by Gasteiger charge is 2.32. The summed E-state index contributed by atoms with van der Waals surface area (Å²) in [5, 5.41) is 4.55. The molecule has 1 aliphatic heterocycles. The fraction of sp³-hybridized carbons (Fsp3) is 1.00. The summed E-state index contributed by atoms with van der Waals surface area (Å²) in [6.45, 7) is 10.5. The number of hydrogen-bond donors (Lipinski definition) is 1. The number of thioether (sulfide) groups is 2. The van der Waals surface area contributed by atoms with Gasteiger partial charge in [0.05, 0.1) is 0 Å². The van der Waals surface area contributed by atoms with Gasteiger partial charge >= 0.3 is 0 Å². The molecule has 90 valence electrons. The molecule has 15 heavy (non-hydrogen) atoms. The zero-order chi connectivity index (χ0) is 11.3. The van der Waals surface area contributed by atoms with Gasteiger partial charge in [-0.05, 0) is 18.4 Å². The predicted octanol–water partition coefficient (Wildman–Crippen LogP) is 3.25. The lowest BCUT2D eigenvalue weighted by molar-refractivity contribution is 0.268. The summed E-state index contributed by atoms with van der Waals surface area (Å²) < 4.78 is 0. The van der Waals surface area contributed by atoms with Crippen LogP contribution in [0, 0.1) is 5.41 Å². The maximum Gasteiger partial charge on any atom is 0.0297 e. The van der Waals surface area contributed by atoms with Crippen molar-refractivity contribution in [3.63, 3.8) is 0 Å². The van der Waals surface area contributed by atoms with Crippen LogP contribution in [0.4, 0.5) is 0 Å². The first kappa shape index (κ1) is 13.7. The Morgan fingerprint density at radius 3 is 2.53 bits per heavy atom. The minimum atomic E-state index is 0.380. The van der Waals surface area contributed by atoms with E-state index in [1.54, 1.807) is 0 Å². The van der Waals surface area contributed by atoms with Crippen molar-refractivity contribution in [3.05, 3.63) is 0 Å². The van der Waals surface area contributed by atoms with Gasteiger partial charge in [-0.15, -0.1) is 0 Å². The molecule has 0 radical (unpaired) electrons. The van der Waals surface area contributed by atoms with Gasteiger partial charge in [0.2, 0.25) is 0 Å². The van der Waals surface area contributed by atoms with Crippen molar-refractivity contribution in [2.45, 2.75) is 45.4 Å². The molecule has 0 bridgehead atoms. The van der Waals surface area contributed by atoms with E-state index < -0.39 is 0 Å². The Hall–Kier alpha value is 0.660. The zero-order valence-electron chi connectivity index (χ0n) is 10.5. The molecule has 1 saturated heterocycles. The van der Waals surface area contributed by atoms with Crippen molar-refractivity contribution in [1.29, 1.82) is 0 Å². The van der Waals surface area contributed by atoms with Gasteiger partial charge in [0.1, 0.15) is 0 Å². The van der Waals surface area contributed by atoms with Gasteiger partial charge in [-0.3, -0.25) is 0 Å². The van der Waals surface area contributed by atoms with Gasteiger partial charge in [0.15, 0.2) is 0 Å². The summed E-state index contributed by atoms with van der Waals surface area (Å²) in [4.78, 5) is 0. The van der Waals surface area contributed by atoms with E-state index in [4.69, 9.17) is 0 Å². The van der Waals surface area contributed by atoms with Crippen LogP contribution in [0.25, 0.3) is 0 Å². The molecule has 1 rings (SSSR count). The van der Waals surface area contributed by atoms with Crippen LogP contribution in [0.1, 0.15) is 34.1 Å². The monoisotopic (exact) mass is 247 g/mol. The van der Waals surface area contributed by atoms with E-state index in [-0.39, 0.29) is 0 Å². The largest absolute Gasteiger partial charge is 0.312 e. The van der Waals surface area contributed by atoms with Crippen molar-refractivity contribution >= 4 is 23.5 Å². The number of nitrogens with one attached hydrogen (secondary N) is 1. The minimum absolute atomic E-state index is 0.380. The Balaban J connectivity index is 2.53. The second-order valence-corrected chi connectivity index (χ2v) is 7.78. The third-order valence-corrected chi connectivity index (χ3v) is 5.62. The molecule has 0 aromatic rings. The smallest absolute Gasteiger partial charge is 0.0297 e. The Morgan fingerprint density at radius 2 is 2.07 bits per heavy atom. The zero-order valence-corrected chi connectivity index (χ0v) is 12.1. The van der Waals surface area contributed by atoms with Crippen LogP contribution in [-0.4, -0.2) is 35.1 Å². The summed E-state index contributed by atoms with van der Waals surface area (Å²) in [5.41, 5.74) is 0.380. The summed E-state index contributed by atoms with van der Waals surface area (Å²) in [7, 11) is 0. The molecule has 1 aliphatic rings. The van der Waals surface area contributed by atoms with Gasteiger partial charge < -0.3 is 5.32 Å². The van der Waals surface area contributed by atoms with Gasteiger partial charge in [-0.1, -0.05) is 27.7 Å².